The first-order valence-electron chi connectivity index (χ1n) is 8.93. The van der Waals surface area contributed by atoms with Crippen LogP contribution in [-0.4, -0.2) is 41.9 Å². The lowest BCUT2D eigenvalue weighted by molar-refractivity contribution is 0.0205. The first kappa shape index (κ1) is 16.2. The molecule has 0 aromatic heterocycles. The Morgan fingerprint density at radius 2 is 1.72 bits per heavy atom. The van der Waals surface area contributed by atoms with Crippen molar-refractivity contribution >= 4 is 6.09 Å². The number of amides is 1. The predicted octanol–water partition coefficient (Wildman–Crippen LogP) is 3.64. The van der Waals surface area contributed by atoms with Crippen LogP contribution in [0.4, 0.5) is 4.79 Å². The Bertz CT molecular complexity index is 743. The molecule has 1 aliphatic carbocycles. The molecule has 2 atom stereocenters. The summed E-state index contributed by atoms with van der Waals surface area (Å²) in [6, 6.07) is 16.6. The van der Waals surface area contributed by atoms with Gasteiger partial charge in [-0.2, -0.15) is 0 Å². The molecule has 1 amide bonds. The average molecular weight is 337 g/mol. The normalized spacial score (nSPS) is 22.4. The predicted molar refractivity (Wildman–Crippen MR) is 96.4 cm³/mol. The van der Waals surface area contributed by atoms with Crippen LogP contribution in [0.1, 0.15) is 30.4 Å². The third-order valence-corrected chi connectivity index (χ3v) is 5.51. The molecule has 1 N–H and O–H groups in total. The van der Waals surface area contributed by atoms with Crippen molar-refractivity contribution in [3.63, 3.8) is 0 Å². The van der Waals surface area contributed by atoms with Crippen molar-refractivity contribution in [1.29, 1.82) is 0 Å². The maximum absolute atomic E-state index is 12.4. The lowest BCUT2D eigenvalue weighted by atomic mass is 9.96. The molecule has 1 heterocycles. The number of likely N-dealkylation sites (tertiary alicyclic amines) is 1. The Kier molecular flexibility index (Phi) is 4.22. The number of benzene rings is 2. The lowest BCUT2D eigenvalue weighted by Gasteiger charge is -2.33. The van der Waals surface area contributed by atoms with E-state index in [4.69, 9.17) is 4.74 Å². The molecule has 0 radical (unpaired) electrons. The van der Waals surface area contributed by atoms with E-state index in [1.165, 1.54) is 22.3 Å². The number of hydrogen-bond acceptors (Lipinski definition) is 3. The number of piperidine rings is 1. The Labute approximate surface area is 148 Å². The molecule has 4 rings (SSSR count). The Morgan fingerprint density at radius 1 is 1.12 bits per heavy atom. The van der Waals surface area contributed by atoms with Crippen LogP contribution in [0.15, 0.2) is 48.5 Å². The molecule has 130 valence electrons. The van der Waals surface area contributed by atoms with Gasteiger partial charge in [0.1, 0.15) is 6.61 Å². The zero-order valence-electron chi connectivity index (χ0n) is 14.4. The maximum Gasteiger partial charge on any atom is 0.409 e. The summed E-state index contributed by atoms with van der Waals surface area (Å²) in [5.41, 5.74) is 4.87. The van der Waals surface area contributed by atoms with Crippen LogP contribution in [-0.2, 0) is 4.74 Å². The van der Waals surface area contributed by atoms with E-state index in [-0.39, 0.29) is 17.9 Å². The molecule has 2 unspecified atom stereocenters. The molecule has 4 heteroatoms. The number of carbonyl (C=O) groups excluding carboxylic acids is 1. The Hall–Kier alpha value is -2.33. The minimum absolute atomic E-state index is 0.0741. The molecule has 0 bridgehead atoms. The van der Waals surface area contributed by atoms with Crippen molar-refractivity contribution < 1.29 is 14.6 Å². The fraction of sp³-hybridized carbons (Fsp3) is 0.381. The zero-order valence-corrected chi connectivity index (χ0v) is 14.4. The molecule has 1 fully saturated rings. The highest BCUT2D eigenvalue weighted by Crippen LogP contribution is 2.44. The van der Waals surface area contributed by atoms with E-state index in [9.17, 15) is 9.90 Å². The Balaban J connectivity index is 1.49. The summed E-state index contributed by atoms with van der Waals surface area (Å²) in [6.45, 7) is 3.35. The number of aliphatic hydroxyl groups is 1. The average Bonchev–Trinajstić information content (AvgIpc) is 2.96. The van der Waals surface area contributed by atoms with Gasteiger partial charge in [0.2, 0.25) is 0 Å². The van der Waals surface area contributed by atoms with Gasteiger partial charge in [-0.1, -0.05) is 55.5 Å². The number of hydrogen-bond donors (Lipinski definition) is 1. The largest absolute Gasteiger partial charge is 0.448 e. The smallest absolute Gasteiger partial charge is 0.409 e. The molecule has 1 aliphatic heterocycles. The van der Waals surface area contributed by atoms with Gasteiger partial charge in [0, 0.05) is 12.5 Å². The van der Waals surface area contributed by atoms with Crippen molar-refractivity contribution in [1.82, 2.24) is 4.90 Å². The topological polar surface area (TPSA) is 49.8 Å². The van der Waals surface area contributed by atoms with E-state index < -0.39 is 6.10 Å². The van der Waals surface area contributed by atoms with Crippen molar-refractivity contribution in [2.24, 2.45) is 5.92 Å². The van der Waals surface area contributed by atoms with Gasteiger partial charge in [0.15, 0.2) is 0 Å². The number of aliphatic hydroxyl groups excluding tert-OH is 1. The van der Waals surface area contributed by atoms with E-state index >= 15 is 0 Å². The molecule has 1 saturated heterocycles. The van der Waals surface area contributed by atoms with Gasteiger partial charge in [-0.3, -0.25) is 0 Å². The second kappa shape index (κ2) is 6.52. The minimum atomic E-state index is -0.464. The summed E-state index contributed by atoms with van der Waals surface area (Å²) in [6.07, 6.45) is 0.0211. The first-order valence-corrected chi connectivity index (χ1v) is 8.93. The third kappa shape index (κ3) is 2.91. The molecule has 0 saturated carbocycles. The van der Waals surface area contributed by atoms with Crippen LogP contribution < -0.4 is 0 Å². The molecule has 2 aromatic rings. The molecule has 4 nitrogen and oxygen atoms in total. The summed E-state index contributed by atoms with van der Waals surface area (Å²) >= 11 is 0. The highest BCUT2D eigenvalue weighted by molar-refractivity contribution is 5.79. The molecule has 0 spiro atoms. The highest BCUT2D eigenvalue weighted by Gasteiger charge is 2.31. The summed E-state index contributed by atoms with van der Waals surface area (Å²) in [4.78, 5) is 14.0. The van der Waals surface area contributed by atoms with Gasteiger partial charge in [0.05, 0.1) is 12.6 Å². The van der Waals surface area contributed by atoms with Crippen LogP contribution in [0.25, 0.3) is 11.1 Å². The van der Waals surface area contributed by atoms with Gasteiger partial charge in [-0.15, -0.1) is 0 Å². The van der Waals surface area contributed by atoms with E-state index in [2.05, 4.69) is 24.3 Å². The number of carbonyl (C=O) groups is 1. The highest BCUT2D eigenvalue weighted by atomic mass is 16.6. The van der Waals surface area contributed by atoms with Crippen LogP contribution in [0, 0.1) is 5.92 Å². The van der Waals surface area contributed by atoms with Crippen LogP contribution in [0.3, 0.4) is 0 Å². The molecule has 2 aromatic carbocycles. The monoisotopic (exact) mass is 337 g/mol. The number of nitrogens with zero attached hydrogens (tertiary/aromatic N) is 1. The van der Waals surface area contributed by atoms with Crippen molar-refractivity contribution in [2.75, 3.05) is 19.7 Å². The minimum Gasteiger partial charge on any atom is -0.448 e. The second-order valence-corrected chi connectivity index (χ2v) is 7.08. The maximum atomic E-state index is 12.4. The van der Waals surface area contributed by atoms with Gasteiger partial charge in [0.25, 0.3) is 0 Å². The van der Waals surface area contributed by atoms with E-state index in [0.717, 1.165) is 6.42 Å². The fourth-order valence-corrected chi connectivity index (χ4v) is 3.90. The summed E-state index contributed by atoms with van der Waals surface area (Å²) in [5.74, 6) is 0.308. The molecular formula is C21H23NO3. The van der Waals surface area contributed by atoms with Crippen LogP contribution in [0.2, 0.25) is 0 Å². The number of fused-ring (bicyclic) bond motifs is 3. The van der Waals surface area contributed by atoms with Crippen molar-refractivity contribution in [3.8, 4) is 11.1 Å². The van der Waals surface area contributed by atoms with E-state index in [0.29, 0.717) is 19.7 Å². The summed E-state index contributed by atoms with van der Waals surface area (Å²) < 4.78 is 5.64. The van der Waals surface area contributed by atoms with Gasteiger partial charge in [-0.05, 0) is 34.6 Å². The first-order chi connectivity index (χ1) is 12.1. The van der Waals surface area contributed by atoms with Gasteiger partial charge in [-0.25, -0.2) is 4.79 Å². The fourth-order valence-electron chi connectivity index (χ4n) is 3.90. The Morgan fingerprint density at radius 3 is 2.32 bits per heavy atom. The zero-order chi connectivity index (χ0) is 17.4. The number of ether oxygens (including phenoxy) is 1. The van der Waals surface area contributed by atoms with E-state index in [1.54, 1.807) is 4.90 Å². The van der Waals surface area contributed by atoms with Gasteiger partial charge < -0.3 is 14.7 Å². The van der Waals surface area contributed by atoms with Gasteiger partial charge >= 0.3 is 6.09 Å². The van der Waals surface area contributed by atoms with Crippen LogP contribution in [0.5, 0.6) is 0 Å². The second-order valence-electron chi connectivity index (χ2n) is 7.08. The molecular weight excluding hydrogens is 314 g/mol. The SMILES string of the molecule is CC1CCN(C(=O)OCC2c3ccccc3-c3ccccc32)CC1O. The molecule has 25 heavy (non-hydrogen) atoms. The molecule has 2 aliphatic rings. The number of rotatable bonds is 2. The third-order valence-electron chi connectivity index (χ3n) is 5.51. The number of β-amino-alcohol motifs (C(OH)–C–C–N with tert-alkyl or cyclic N) is 1. The lowest BCUT2D eigenvalue weighted by Crippen LogP contribution is -2.46. The van der Waals surface area contributed by atoms with E-state index in [1.807, 2.05) is 31.2 Å². The van der Waals surface area contributed by atoms with Crippen LogP contribution >= 0.6 is 0 Å². The standard InChI is InChI=1S/C21H23NO3/c1-14-10-11-22(12-20(14)23)21(24)25-13-19-17-8-4-2-6-15(17)16-7-3-5-9-18(16)19/h2-9,14,19-20,23H,10-13H2,1H3. The van der Waals surface area contributed by atoms with Crippen molar-refractivity contribution in [2.45, 2.75) is 25.4 Å². The van der Waals surface area contributed by atoms with Crippen molar-refractivity contribution in [3.05, 3.63) is 59.7 Å². The summed E-state index contributed by atoms with van der Waals surface area (Å²) in [5, 5.41) is 9.99. The quantitative estimate of drug-likeness (QED) is 0.910. The summed E-state index contributed by atoms with van der Waals surface area (Å²) in [7, 11) is 0.